The SMILES string of the molecule is Cc1ccc(C(C#N)Nc2ccc(Br)cc2)cc1Br. The largest absolute Gasteiger partial charge is 0.366 e. The van der Waals surface area contributed by atoms with Crippen molar-refractivity contribution in [1.82, 2.24) is 0 Å². The van der Waals surface area contributed by atoms with E-state index in [9.17, 15) is 5.26 Å². The zero-order valence-electron chi connectivity index (χ0n) is 10.3. The highest BCUT2D eigenvalue weighted by Gasteiger charge is 2.11. The van der Waals surface area contributed by atoms with Gasteiger partial charge in [0.2, 0.25) is 0 Å². The van der Waals surface area contributed by atoms with E-state index >= 15 is 0 Å². The first-order valence-corrected chi connectivity index (χ1v) is 7.36. The van der Waals surface area contributed by atoms with Gasteiger partial charge in [-0.2, -0.15) is 5.26 Å². The molecule has 1 unspecified atom stereocenters. The molecule has 0 aliphatic rings. The van der Waals surface area contributed by atoms with Crippen molar-refractivity contribution in [1.29, 1.82) is 5.26 Å². The van der Waals surface area contributed by atoms with Crippen LogP contribution in [-0.2, 0) is 0 Å². The number of anilines is 1. The number of hydrogen-bond donors (Lipinski definition) is 1. The van der Waals surface area contributed by atoms with Gasteiger partial charge in [0.25, 0.3) is 0 Å². The van der Waals surface area contributed by atoms with Gasteiger partial charge in [0.1, 0.15) is 6.04 Å². The molecule has 0 heterocycles. The van der Waals surface area contributed by atoms with Gasteiger partial charge in [0, 0.05) is 14.6 Å². The van der Waals surface area contributed by atoms with Crippen molar-refractivity contribution < 1.29 is 0 Å². The monoisotopic (exact) mass is 378 g/mol. The molecular weight excluding hydrogens is 368 g/mol. The van der Waals surface area contributed by atoms with Crippen LogP contribution in [0, 0.1) is 18.3 Å². The molecule has 2 aromatic rings. The van der Waals surface area contributed by atoms with Crippen LogP contribution < -0.4 is 5.32 Å². The third-order valence-electron chi connectivity index (χ3n) is 2.81. The van der Waals surface area contributed by atoms with Crippen molar-refractivity contribution in [3.05, 3.63) is 62.5 Å². The summed E-state index contributed by atoms with van der Waals surface area (Å²) in [5, 5.41) is 12.5. The van der Waals surface area contributed by atoms with Gasteiger partial charge in [-0.3, -0.25) is 0 Å². The average Bonchev–Trinajstić information content (AvgIpc) is 2.41. The van der Waals surface area contributed by atoms with Gasteiger partial charge in [-0.15, -0.1) is 0 Å². The fourth-order valence-electron chi connectivity index (χ4n) is 1.69. The van der Waals surface area contributed by atoms with Crippen LogP contribution in [0.15, 0.2) is 51.4 Å². The van der Waals surface area contributed by atoms with Crippen LogP contribution in [0.1, 0.15) is 17.2 Å². The minimum atomic E-state index is -0.363. The quantitative estimate of drug-likeness (QED) is 0.795. The number of nitrogens with zero attached hydrogens (tertiary/aromatic N) is 1. The van der Waals surface area contributed by atoms with Gasteiger partial charge in [0.15, 0.2) is 0 Å². The van der Waals surface area contributed by atoms with E-state index in [-0.39, 0.29) is 6.04 Å². The lowest BCUT2D eigenvalue weighted by Gasteiger charge is -2.14. The Morgan fingerprint density at radius 2 is 1.79 bits per heavy atom. The third-order valence-corrected chi connectivity index (χ3v) is 4.20. The molecule has 96 valence electrons. The van der Waals surface area contributed by atoms with Crippen LogP contribution in [-0.4, -0.2) is 0 Å². The normalized spacial score (nSPS) is 11.7. The number of benzene rings is 2. The highest BCUT2D eigenvalue weighted by molar-refractivity contribution is 9.10. The number of aryl methyl sites for hydroxylation is 1. The second-order valence-corrected chi connectivity index (χ2v) is 5.99. The molecule has 1 atom stereocenters. The lowest BCUT2D eigenvalue weighted by atomic mass is 10.1. The number of nitrogens with one attached hydrogen (secondary N) is 1. The Bertz CT molecular complexity index is 615. The van der Waals surface area contributed by atoms with Crippen molar-refractivity contribution in [3.8, 4) is 6.07 Å². The van der Waals surface area contributed by atoms with Crippen LogP contribution in [0.4, 0.5) is 5.69 Å². The maximum atomic E-state index is 9.32. The van der Waals surface area contributed by atoms with E-state index in [1.807, 2.05) is 49.4 Å². The summed E-state index contributed by atoms with van der Waals surface area (Å²) in [7, 11) is 0. The molecule has 19 heavy (non-hydrogen) atoms. The Kier molecular flexibility index (Phi) is 4.62. The van der Waals surface area contributed by atoms with E-state index in [0.717, 1.165) is 25.8 Å². The maximum absolute atomic E-state index is 9.32. The van der Waals surface area contributed by atoms with Crippen molar-refractivity contribution in [2.24, 2.45) is 0 Å². The summed E-state index contributed by atoms with van der Waals surface area (Å²) >= 11 is 6.89. The molecule has 0 saturated carbocycles. The van der Waals surface area contributed by atoms with E-state index in [0.29, 0.717) is 0 Å². The summed E-state index contributed by atoms with van der Waals surface area (Å²) in [4.78, 5) is 0. The van der Waals surface area contributed by atoms with E-state index in [4.69, 9.17) is 0 Å². The first kappa shape index (κ1) is 14.1. The molecule has 2 nitrogen and oxygen atoms in total. The van der Waals surface area contributed by atoms with Gasteiger partial charge >= 0.3 is 0 Å². The molecule has 0 saturated heterocycles. The number of rotatable bonds is 3. The fourth-order valence-corrected chi connectivity index (χ4v) is 2.35. The highest BCUT2D eigenvalue weighted by atomic mass is 79.9. The molecule has 0 aliphatic heterocycles. The minimum Gasteiger partial charge on any atom is -0.366 e. The highest BCUT2D eigenvalue weighted by Crippen LogP contribution is 2.25. The topological polar surface area (TPSA) is 35.8 Å². The van der Waals surface area contributed by atoms with Crippen molar-refractivity contribution in [2.75, 3.05) is 5.32 Å². The summed E-state index contributed by atoms with van der Waals surface area (Å²) in [5.74, 6) is 0. The van der Waals surface area contributed by atoms with Gasteiger partial charge in [-0.05, 0) is 48.4 Å². The maximum Gasteiger partial charge on any atom is 0.140 e. The van der Waals surface area contributed by atoms with Crippen LogP contribution in [0.2, 0.25) is 0 Å². The number of nitriles is 1. The van der Waals surface area contributed by atoms with Crippen LogP contribution in [0.5, 0.6) is 0 Å². The van der Waals surface area contributed by atoms with Gasteiger partial charge in [-0.1, -0.05) is 44.0 Å². The zero-order valence-corrected chi connectivity index (χ0v) is 13.5. The molecule has 0 radical (unpaired) electrons. The molecule has 0 spiro atoms. The lowest BCUT2D eigenvalue weighted by Crippen LogP contribution is -2.08. The summed E-state index contributed by atoms with van der Waals surface area (Å²) in [6.07, 6.45) is 0. The van der Waals surface area contributed by atoms with Gasteiger partial charge in [0.05, 0.1) is 6.07 Å². The average molecular weight is 380 g/mol. The van der Waals surface area contributed by atoms with E-state index in [2.05, 4.69) is 43.2 Å². The second kappa shape index (κ2) is 6.23. The van der Waals surface area contributed by atoms with E-state index < -0.39 is 0 Å². The van der Waals surface area contributed by atoms with Crippen LogP contribution in [0.3, 0.4) is 0 Å². The van der Waals surface area contributed by atoms with Gasteiger partial charge in [-0.25, -0.2) is 0 Å². The second-order valence-electron chi connectivity index (χ2n) is 4.22. The van der Waals surface area contributed by atoms with Crippen LogP contribution in [0.25, 0.3) is 0 Å². The van der Waals surface area contributed by atoms with Crippen molar-refractivity contribution in [2.45, 2.75) is 13.0 Å². The first-order chi connectivity index (χ1) is 9.10. The Hall–Kier alpha value is -1.31. The van der Waals surface area contributed by atoms with E-state index in [1.165, 1.54) is 0 Å². The zero-order chi connectivity index (χ0) is 13.8. The Morgan fingerprint density at radius 1 is 1.11 bits per heavy atom. The molecule has 0 aromatic heterocycles. The third kappa shape index (κ3) is 3.59. The number of halogens is 2. The van der Waals surface area contributed by atoms with Crippen molar-refractivity contribution >= 4 is 37.5 Å². The first-order valence-electron chi connectivity index (χ1n) is 5.78. The van der Waals surface area contributed by atoms with Crippen molar-refractivity contribution in [3.63, 3.8) is 0 Å². The Labute approximate surface area is 129 Å². The lowest BCUT2D eigenvalue weighted by molar-refractivity contribution is 0.994. The molecule has 4 heteroatoms. The molecule has 0 bridgehead atoms. The fraction of sp³-hybridized carbons (Fsp3) is 0.133. The predicted octanol–water partition coefficient (Wildman–Crippen LogP) is 5.20. The molecular formula is C15H12Br2N2. The molecule has 1 N–H and O–H groups in total. The predicted molar refractivity (Wildman–Crippen MR) is 85.0 cm³/mol. The molecule has 0 amide bonds. The molecule has 0 aliphatic carbocycles. The summed E-state index contributed by atoms with van der Waals surface area (Å²) in [6, 6.07) is 15.7. The van der Waals surface area contributed by atoms with Gasteiger partial charge < -0.3 is 5.32 Å². The molecule has 0 fully saturated rings. The summed E-state index contributed by atoms with van der Waals surface area (Å²) < 4.78 is 2.03. The summed E-state index contributed by atoms with van der Waals surface area (Å²) in [5.41, 5.74) is 3.03. The van der Waals surface area contributed by atoms with Crippen LogP contribution >= 0.6 is 31.9 Å². The number of hydrogen-bond acceptors (Lipinski definition) is 2. The smallest absolute Gasteiger partial charge is 0.140 e. The Morgan fingerprint density at radius 3 is 2.37 bits per heavy atom. The molecule has 2 rings (SSSR count). The van der Waals surface area contributed by atoms with E-state index in [1.54, 1.807) is 0 Å². The molecule has 2 aromatic carbocycles. The summed E-state index contributed by atoms with van der Waals surface area (Å²) in [6.45, 7) is 2.03. The Balaban J connectivity index is 2.23. The standard InChI is InChI=1S/C15H12Br2N2/c1-10-2-3-11(8-14(10)17)15(9-18)19-13-6-4-12(16)5-7-13/h2-8,15,19H,1H3. The minimum absolute atomic E-state index is 0.363.